The fourth-order valence-electron chi connectivity index (χ4n) is 2.72. The second-order valence-corrected chi connectivity index (χ2v) is 6.80. The smallest absolute Gasteiger partial charge is 0.222 e. The standard InChI is InChI=1S/C15H22N6S/c1-9-13(22-8-19-9)3-2-4-18-14-7-12(20-15(17)21-14)10-5-11(16)6-10/h7-8,10-11H,2-6,16H2,1H3,(H3,17,18,20,21). The first-order valence-electron chi connectivity index (χ1n) is 7.64. The van der Waals surface area contributed by atoms with Crippen LogP contribution in [-0.2, 0) is 6.42 Å². The molecule has 1 fully saturated rings. The maximum Gasteiger partial charge on any atom is 0.222 e. The van der Waals surface area contributed by atoms with Crippen LogP contribution < -0.4 is 16.8 Å². The molecule has 7 heteroatoms. The van der Waals surface area contributed by atoms with Crippen molar-refractivity contribution in [2.45, 2.75) is 44.6 Å². The number of nitrogens with one attached hydrogen (secondary N) is 1. The molecule has 0 atom stereocenters. The monoisotopic (exact) mass is 318 g/mol. The molecule has 1 saturated carbocycles. The first-order valence-corrected chi connectivity index (χ1v) is 8.52. The number of aryl methyl sites for hydroxylation is 2. The van der Waals surface area contributed by atoms with Crippen LogP contribution in [-0.4, -0.2) is 27.5 Å². The Morgan fingerprint density at radius 3 is 2.86 bits per heavy atom. The van der Waals surface area contributed by atoms with Crippen LogP contribution in [0.25, 0.3) is 0 Å². The minimum absolute atomic E-state index is 0.306. The molecule has 118 valence electrons. The van der Waals surface area contributed by atoms with Gasteiger partial charge in [-0.25, -0.2) is 9.97 Å². The molecule has 0 amide bonds. The Bertz CT molecular complexity index is 635. The maximum absolute atomic E-state index is 5.84. The molecule has 3 rings (SSSR count). The Labute approximate surface area is 134 Å². The molecule has 5 N–H and O–H groups in total. The van der Waals surface area contributed by atoms with Crippen LogP contribution in [0.3, 0.4) is 0 Å². The number of nitrogens with zero attached hydrogens (tertiary/aromatic N) is 3. The molecule has 0 spiro atoms. The highest BCUT2D eigenvalue weighted by molar-refractivity contribution is 7.09. The van der Waals surface area contributed by atoms with Crippen LogP contribution in [0.4, 0.5) is 11.8 Å². The van der Waals surface area contributed by atoms with Crippen LogP contribution in [0.1, 0.15) is 41.4 Å². The molecule has 0 aliphatic heterocycles. The molecule has 2 heterocycles. The summed E-state index contributed by atoms with van der Waals surface area (Å²) in [5.41, 5.74) is 15.7. The SMILES string of the molecule is Cc1ncsc1CCCNc1cc(C2CC(N)C2)nc(N)n1. The van der Waals surface area contributed by atoms with E-state index in [2.05, 4.69) is 27.2 Å². The lowest BCUT2D eigenvalue weighted by atomic mass is 9.78. The summed E-state index contributed by atoms with van der Waals surface area (Å²) in [6, 6.07) is 2.31. The number of nitrogens with two attached hydrogens (primary N) is 2. The lowest BCUT2D eigenvalue weighted by Crippen LogP contribution is -2.35. The van der Waals surface area contributed by atoms with Crippen molar-refractivity contribution in [3.63, 3.8) is 0 Å². The van der Waals surface area contributed by atoms with Crippen molar-refractivity contribution in [3.8, 4) is 0 Å². The fourth-order valence-corrected chi connectivity index (χ4v) is 3.54. The lowest BCUT2D eigenvalue weighted by Gasteiger charge is -2.32. The summed E-state index contributed by atoms with van der Waals surface area (Å²) in [7, 11) is 0. The molecule has 0 radical (unpaired) electrons. The minimum Gasteiger partial charge on any atom is -0.370 e. The summed E-state index contributed by atoms with van der Waals surface area (Å²) in [4.78, 5) is 14.2. The van der Waals surface area contributed by atoms with Gasteiger partial charge in [0.25, 0.3) is 0 Å². The predicted octanol–water partition coefficient (Wildman–Crippen LogP) is 2.07. The molecule has 2 aromatic heterocycles. The van der Waals surface area contributed by atoms with Crippen LogP contribution >= 0.6 is 11.3 Å². The number of hydrogen-bond acceptors (Lipinski definition) is 7. The number of rotatable bonds is 6. The first-order chi connectivity index (χ1) is 10.6. The quantitative estimate of drug-likeness (QED) is 0.705. The third-order valence-electron chi connectivity index (χ3n) is 4.09. The van der Waals surface area contributed by atoms with Gasteiger partial charge in [-0.05, 0) is 32.6 Å². The van der Waals surface area contributed by atoms with Gasteiger partial charge in [0, 0.05) is 29.4 Å². The van der Waals surface area contributed by atoms with E-state index in [0.29, 0.717) is 17.9 Å². The highest BCUT2D eigenvalue weighted by Crippen LogP contribution is 2.35. The highest BCUT2D eigenvalue weighted by atomic mass is 32.1. The Morgan fingerprint density at radius 2 is 2.18 bits per heavy atom. The molecule has 0 unspecified atom stereocenters. The van der Waals surface area contributed by atoms with Gasteiger partial charge in [-0.1, -0.05) is 0 Å². The zero-order valence-electron chi connectivity index (χ0n) is 12.7. The second-order valence-electron chi connectivity index (χ2n) is 5.86. The van der Waals surface area contributed by atoms with Gasteiger partial charge < -0.3 is 16.8 Å². The predicted molar refractivity (Wildman–Crippen MR) is 90.1 cm³/mol. The van der Waals surface area contributed by atoms with Gasteiger partial charge in [-0.15, -0.1) is 11.3 Å². The molecular weight excluding hydrogens is 296 g/mol. The van der Waals surface area contributed by atoms with Gasteiger partial charge in [0.1, 0.15) is 5.82 Å². The van der Waals surface area contributed by atoms with Crippen molar-refractivity contribution in [1.82, 2.24) is 15.0 Å². The third kappa shape index (κ3) is 3.53. The van der Waals surface area contributed by atoms with Crippen molar-refractivity contribution >= 4 is 23.1 Å². The summed E-state index contributed by atoms with van der Waals surface area (Å²) < 4.78 is 0. The average molecular weight is 318 g/mol. The van der Waals surface area contributed by atoms with Gasteiger partial charge >= 0.3 is 0 Å². The summed E-state index contributed by atoms with van der Waals surface area (Å²) in [5, 5.41) is 3.34. The molecule has 22 heavy (non-hydrogen) atoms. The van der Waals surface area contributed by atoms with Crippen molar-refractivity contribution in [3.05, 3.63) is 27.8 Å². The van der Waals surface area contributed by atoms with Crippen LogP contribution in [0.2, 0.25) is 0 Å². The topological polar surface area (TPSA) is 103 Å². The van der Waals surface area contributed by atoms with Crippen molar-refractivity contribution < 1.29 is 0 Å². The average Bonchev–Trinajstić information content (AvgIpc) is 2.85. The van der Waals surface area contributed by atoms with E-state index in [-0.39, 0.29) is 0 Å². The van der Waals surface area contributed by atoms with E-state index in [9.17, 15) is 0 Å². The number of nitrogen functional groups attached to an aromatic ring is 1. The molecule has 0 saturated heterocycles. The Morgan fingerprint density at radius 1 is 1.36 bits per heavy atom. The van der Waals surface area contributed by atoms with E-state index >= 15 is 0 Å². The van der Waals surface area contributed by atoms with E-state index in [4.69, 9.17) is 11.5 Å². The lowest BCUT2D eigenvalue weighted by molar-refractivity contribution is 0.345. The Balaban J connectivity index is 1.52. The molecule has 0 aromatic carbocycles. The Kier molecular flexibility index (Phi) is 4.54. The van der Waals surface area contributed by atoms with Gasteiger partial charge in [-0.2, -0.15) is 4.98 Å². The van der Waals surface area contributed by atoms with Gasteiger partial charge in [-0.3, -0.25) is 0 Å². The third-order valence-corrected chi connectivity index (χ3v) is 5.08. The first kappa shape index (κ1) is 15.2. The summed E-state index contributed by atoms with van der Waals surface area (Å²) in [6.07, 6.45) is 4.05. The summed E-state index contributed by atoms with van der Waals surface area (Å²) in [5.74, 6) is 1.57. The number of anilines is 2. The zero-order valence-corrected chi connectivity index (χ0v) is 13.6. The summed E-state index contributed by atoms with van der Waals surface area (Å²) >= 11 is 1.72. The Hall–Kier alpha value is -1.73. The van der Waals surface area contributed by atoms with E-state index in [0.717, 1.165) is 49.4 Å². The van der Waals surface area contributed by atoms with Gasteiger partial charge in [0.15, 0.2) is 0 Å². The van der Waals surface area contributed by atoms with E-state index in [1.54, 1.807) is 11.3 Å². The molecule has 6 nitrogen and oxygen atoms in total. The van der Waals surface area contributed by atoms with Gasteiger partial charge in [0.2, 0.25) is 5.95 Å². The molecule has 0 bridgehead atoms. The largest absolute Gasteiger partial charge is 0.370 e. The van der Waals surface area contributed by atoms with Crippen LogP contribution in [0, 0.1) is 6.92 Å². The number of aromatic nitrogens is 3. The van der Waals surface area contributed by atoms with Crippen LogP contribution in [0.15, 0.2) is 11.6 Å². The molecule has 2 aromatic rings. The van der Waals surface area contributed by atoms with E-state index < -0.39 is 0 Å². The van der Waals surface area contributed by atoms with E-state index in [1.807, 2.05) is 11.6 Å². The summed E-state index contributed by atoms with van der Waals surface area (Å²) in [6.45, 7) is 2.91. The highest BCUT2D eigenvalue weighted by Gasteiger charge is 2.29. The molecular formula is C15H22N6S. The minimum atomic E-state index is 0.306. The number of hydrogen-bond donors (Lipinski definition) is 3. The zero-order chi connectivity index (χ0) is 15.5. The fraction of sp³-hybridized carbons (Fsp3) is 0.533. The van der Waals surface area contributed by atoms with Crippen LogP contribution in [0.5, 0.6) is 0 Å². The normalized spacial score (nSPS) is 20.6. The molecule has 1 aliphatic rings. The second kappa shape index (κ2) is 6.58. The van der Waals surface area contributed by atoms with Crippen molar-refractivity contribution in [2.24, 2.45) is 5.73 Å². The van der Waals surface area contributed by atoms with Crippen molar-refractivity contribution in [1.29, 1.82) is 0 Å². The van der Waals surface area contributed by atoms with Gasteiger partial charge in [0.05, 0.1) is 16.9 Å². The number of thiazole rings is 1. The molecule has 1 aliphatic carbocycles. The van der Waals surface area contributed by atoms with Crippen molar-refractivity contribution in [2.75, 3.05) is 17.6 Å². The maximum atomic E-state index is 5.84. The van der Waals surface area contributed by atoms with E-state index in [1.165, 1.54) is 4.88 Å².